The second-order valence-electron chi connectivity index (χ2n) is 8.21. The zero-order chi connectivity index (χ0) is 23.1. The van der Waals surface area contributed by atoms with Crippen molar-refractivity contribution in [2.24, 2.45) is 7.05 Å². The summed E-state index contributed by atoms with van der Waals surface area (Å²) in [5.41, 5.74) is 4.52. The Balaban J connectivity index is 1.50. The van der Waals surface area contributed by atoms with Gasteiger partial charge in [-0.2, -0.15) is 0 Å². The van der Waals surface area contributed by atoms with Crippen LogP contribution in [0.1, 0.15) is 10.5 Å². The summed E-state index contributed by atoms with van der Waals surface area (Å²) in [5.74, 6) is 0.0144. The number of carbonyl (C=O) groups is 1. The van der Waals surface area contributed by atoms with E-state index in [9.17, 15) is 4.79 Å². The molecule has 1 aliphatic heterocycles. The van der Waals surface area contributed by atoms with Crippen LogP contribution in [0, 0.1) is 0 Å². The quantitative estimate of drug-likeness (QED) is 0.312. The van der Waals surface area contributed by atoms with E-state index in [0.717, 1.165) is 40.8 Å². The zero-order valence-electron chi connectivity index (χ0n) is 18.1. The molecule has 1 saturated heterocycles. The number of rotatable bonds is 3. The Kier molecular flexibility index (Phi) is 6.00. The van der Waals surface area contributed by atoms with Gasteiger partial charge in [0, 0.05) is 70.4 Å². The first kappa shape index (κ1) is 22.1. The van der Waals surface area contributed by atoms with Crippen molar-refractivity contribution in [3.63, 3.8) is 0 Å². The first-order chi connectivity index (χ1) is 15.9. The molecule has 0 unspecified atom stereocenters. The highest BCUT2D eigenvalue weighted by atomic mass is 35.5. The summed E-state index contributed by atoms with van der Waals surface area (Å²) in [6.07, 6.45) is 0. The Hall–Kier alpha value is -2.66. The lowest BCUT2D eigenvalue weighted by atomic mass is 10.0. The van der Waals surface area contributed by atoms with E-state index in [2.05, 4.69) is 11.0 Å². The molecule has 0 radical (unpaired) electrons. The van der Waals surface area contributed by atoms with Crippen LogP contribution in [0.15, 0.2) is 66.7 Å². The number of hydrogen-bond donors (Lipinski definition) is 0. The minimum absolute atomic E-state index is 0.0144. The van der Waals surface area contributed by atoms with Crippen LogP contribution in [0.5, 0.6) is 0 Å². The first-order valence-corrected chi connectivity index (χ1v) is 11.9. The average Bonchev–Trinajstić information content (AvgIpc) is 3.10. The minimum Gasteiger partial charge on any atom is -0.368 e. The maximum atomic E-state index is 13.8. The van der Waals surface area contributed by atoms with Gasteiger partial charge in [-0.3, -0.25) is 4.79 Å². The first-order valence-electron chi connectivity index (χ1n) is 10.8. The number of anilines is 1. The van der Waals surface area contributed by atoms with Crippen molar-refractivity contribution in [2.75, 3.05) is 31.1 Å². The van der Waals surface area contributed by atoms with E-state index in [4.69, 9.17) is 34.8 Å². The number of piperazine rings is 1. The molecule has 33 heavy (non-hydrogen) atoms. The van der Waals surface area contributed by atoms with Crippen molar-refractivity contribution >= 4 is 57.3 Å². The van der Waals surface area contributed by atoms with Crippen molar-refractivity contribution in [2.45, 2.75) is 0 Å². The molecule has 0 N–H and O–H groups in total. The molecule has 0 saturated carbocycles. The van der Waals surface area contributed by atoms with Crippen LogP contribution in [-0.2, 0) is 7.05 Å². The highest BCUT2D eigenvalue weighted by molar-refractivity contribution is 6.32. The molecule has 0 aliphatic carbocycles. The molecule has 5 rings (SSSR count). The predicted molar refractivity (Wildman–Crippen MR) is 138 cm³/mol. The summed E-state index contributed by atoms with van der Waals surface area (Å²) >= 11 is 18.6. The predicted octanol–water partition coefficient (Wildman–Crippen LogP) is 6.77. The Bertz CT molecular complexity index is 1340. The lowest BCUT2D eigenvalue weighted by Gasteiger charge is -2.36. The third-order valence-electron chi connectivity index (χ3n) is 6.24. The molecule has 4 aromatic rings. The van der Waals surface area contributed by atoms with Crippen LogP contribution in [0.25, 0.3) is 22.0 Å². The fraction of sp³-hybridized carbons (Fsp3) is 0.192. The minimum atomic E-state index is 0.0144. The van der Waals surface area contributed by atoms with Gasteiger partial charge in [-0.1, -0.05) is 53.0 Å². The van der Waals surface area contributed by atoms with Crippen molar-refractivity contribution < 1.29 is 4.79 Å². The third-order valence-corrected chi connectivity index (χ3v) is 6.96. The molecule has 1 aliphatic rings. The summed E-state index contributed by atoms with van der Waals surface area (Å²) in [6.45, 7) is 2.76. The third kappa shape index (κ3) is 4.19. The smallest absolute Gasteiger partial charge is 0.271 e. The van der Waals surface area contributed by atoms with Crippen LogP contribution in [0.2, 0.25) is 15.1 Å². The highest BCUT2D eigenvalue weighted by Gasteiger charge is 2.29. The van der Waals surface area contributed by atoms with E-state index in [1.54, 1.807) is 0 Å². The number of benzene rings is 3. The summed E-state index contributed by atoms with van der Waals surface area (Å²) in [6, 6.07) is 21.2. The van der Waals surface area contributed by atoms with E-state index < -0.39 is 0 Å². The van der Waals surface area contributed by atoms with Gasteiger partial charge in [0.25, 0.3) is 5.91 Å². The molecular weight excluding hydrogens is 477 g/mol. The Labute approximate surface area is 207 Å². The maximum Gasteiger partial charge on any atom is 0.271 e. The number of carbonyl (C=O) groups excluding carboxylic acids is 1. The summed E-state index contributed by atoms with van der Waals surface area (Å²) in [4.78, 5) is 18.0. The number of aromatic nitrogens is 1. The van der Waals surface area contributed by atoms with Crippen molar-refractivity contribution in [3.8, 4) is 11.1 Å². The largest absolute Gasteiger partial charge is 0.368 e. The van der Waals surface area contributed by atoms with Crippen molar-refractivity contribution in [3.05, 3.63) is 87.5 Å². The number of nitrogens with zero attached hydrogens (tertiary/aromatic N) is 3. The monoisotopic (exact) mass is 497 g/mol. The van der Waals surface area contributed by atoms with Gasteiger partial charge in [0.05, 0.1) is 0 Å². The van der Waals surface area contributed by atoms with Gasteiger partial charge in [-0.15, -0.1) is 0 Å². The van der Waals surface area contributed by atoms with Crippen molar-refractivity contribution in [1.82, 2.24) is 9.47 Å². The molecular formula is C26H22Cl3N3O. The lowest BCUT2D eigenvalue weighted by Crippen LogP contribution is -2.49. The van der Waals surface area contributed by atoms with Gasteiger partial charge in [-0.25, -0.2) is 0 Å². The van der Waals surface area contributed by atoms with Crippen LogP contribution in [0.3, 0.4) is 0 Å². The SMILES string of the molecule is Cn1c(C(=O)N2CCN(c3cccc(Cl)c3)CC2)c(-c2ccc(Cl)cc2)c2cc(Cl)ccc21. The Morgan fingerprint density at radius 3 is 2.15 bits per heavy atom. The summed E-state index contributed by atoms with van der Waals surface area (Å²) in [7, 11) is 1.94. The van der Waals surface area contributed by atoms with Gasteiger partial charge >= 0.3 is 0 Å². The fourth-order valence-corrected chi connectivity index (χ4v) is 5.05. The van der Waals surface area contributed by atoms with E-state index >= 15 is 0 Å². The number of fused-ring (bicyclic) bond motifs is 1. The van der Waals surface area contributed by atoms with Gasteiger partial charge in [-0.05, 0) is 54.1 Å². The molecule has 0 spiro atoms. The molecule has 0 atom stereocenters. The summed E-state index contributed by atoms with van der Waals surface area (Å²) < 4.78 is 1.97. The zero-order valence-corrected chi connectivity index (χ0v) is 20.3. The van der Waals surface area contributed by atoms with E-state index in [0.29, 0.717) is 33.9 Å². The molecule has 1 aromatic heterocycles. The topological polar surface area (TPSA) is 28.5 Å². The molecule has 7 heteroatoms. The number of amides is 1. The molecule has 0 bridgehead atoms. The Morgan fingerprint density at radius 2 is 1.45 bits per heavy atom. The molecule has 2 heterocycles. The molecule has 1 amide bonds. The average molecular weight is 499 g/mol. The van der Waals surface area contributed by atoms with Crippen LogP contribution in [0.4, 0.5) is 5.69 Å². The van der Waals surface area contributed by atoms with Crippen molar-refractivity contribution in [1.29, 1.82) is 0 Å². The van der Waals surface area contributed by atoms with E-state index in [1.165, 1.54) is 0 Å². The van der Waals surface area contributed by atoms with Crippen LogP contribution in [-0.4, -0.2) is 41.6 Å². The van der Waals surface area contributed by atoms with Crippen LogP contribution < -0.4 is 4.90 Å². The molecule has 4 nitrogen and oxygen atoms in total. The van der Waals surface area contributed by atoms with E-state index in [-0.39, 0.29) is 5.91 Å². The molecule has 168 valence electrons. The maximum absolute atomic E-state index is 13.8. The number of halogens is 3. The fourth-order valence-electron chi connectivity index (χ4n) is 4.57. The molecule has 3 aromatic carbocycles. The van der Waals surface area contributed by atoms with Gasteiger partial charge < -0.3 is 14.4 Å². The second-order valence-corrected chi connectivity index (χ2v) is 9.52. The second kappa shape index (κ2) is 8.94. The van der Waals surface area contributed by atoms with E-state index in [1.807, 2.05) is 77.2 Å². The Morgan fingerprint density at radius 1 is 0.788 bits per heavy atom. The van der Waals surface area contributed by atoms with Crippen LogP contribution >= 0.6 is 34.8 Å². The highest BCUT2D eigenvalue weighted by Crippen LogP contribution is 2.37. The lowest BCUT2D eigenvalue weighted by molar-refractivity contribution is 0.0738. The number of aryl methyl sites for hydroxylation is 1. The van der Waals surface area contributed by atoms with Gasteiger partial charge in [0.2, 0.25) is 0 Å². The van der Waals surface area contributed by atoms with Gasteiger partial charge in [0.15, 0.2) is 0 Å². The standard InChI is InChI=1S/C26H22Cl3N3O/c1-30-23-10-9-20(29)16-22(23)24(17-5-7-18(27)8-6-17)25(30)26(33)32-13-11-31(12-14-32)21-4-2-3-19(28)15-21/h2-10,15-16H,11-14H2,1H3. The molecule has 1 fully saturated rings. The van der Waals surface area contributed by atoms with Gasteiger partial charge in [0.1, 0.15) is 5.69 Å². The number of hydrogen-bond acceptors (Lipinski definition) is 2. The normalized spacial score (nSPS) is 14.2. The summed E-state index contributed by atoms with van der Waals surface area (Å²) in [5, 5.41) is 2.96.